The summed E-state index contributed by atoms with van der Waals surface area (Å²) in [5, 5.41) is 3.25. The summed E-state index contributed by atoms with van der Waals surface area (Å²) in [4.78, 5) is 15.0. The van der Waals surface area contributed by atoms with Crippen molar-refractivity contribution < 1.29 is 14.3 Å². The van der Waals surface area contributed by atoms with E-state index in [1.54, 1.807) is 0 Å². The molecule has 1 fully saturated rings. The van der Waals surface area contributed by atoms with Gasteiger partial charge < -0.3 is 14.8 Å². The molecule has 1 amide bonds. The highest BCUT2D eigenvalue weighted by atomic mass is 16.6. The second kappa shape index (κ2) is 9.26. The first kappa shape index (κ1) is 19.0. The molecule has 3 rings (SSSR count). The van der Waals surface area contributed by atoms with E-state index in [4.69, 9.17) is 9.47 Å². The first-order valence-corrected chi connectivity index (χ1v) is 10.0. The van der Waals surface area contributed by atoms with Crippen LogP contribution in [0.3, 0.4) is 0 Å². The Labute approximate surface area is 157 Å². The molecule has 1 aromatic rings. The molecule has 0 saturated carbocycles. The molecule has 0 aromatic heterocycles. The van der Waals surface area contributed by atoms with E-state index in [0.29, 0.717) is 25.7 Å². The van der Waals surface area contributed by atoms with Gasteiger partial charge in [-0.15, -0.1) is 0 Å². The first-order valence-electron chi connectivity index (χ1n) is 10.0. The highest BCUT2D eigenvalue weighted by molar-refractivity contribution is 5.78. The molecule has 0 spiro atoms. The molecule has 5 nitrogen and oxygen atoms in total. The van der Waals surface area contributed by atoms with Gasteiger partial charge in [-0.2, -0.15) is 0 Å². The Morgan fingerprint density at radius 1 is 1.04 bits per heavy atom. The molecule has 0 bridgehead atoms. The van der Waals surface area contributed by atoms with E-state index in [0.717, 1.165) is 30.2 Å². The summed E-state index contributed by atoms with van der Waals surface area (Å²) in [7, 11) is 0. The fourth-order valence-electron chi connectivity index (χ4n) is 3.78. The number of amides is 1. The molecular weight excluding hydrogens is 328 g/mol. The minimum Gasteiger partial charge on any atom is -0.486 e. The topological polar surface area (TPSA) is 50.8 Å². The third-order valence-corrected chi connectivity index (χ3v) is 5.22. The van der Waals surface area contributed by atoms with Gasteiger partial charge in [0.2, 0.25) is 5.91 Å². The molecule has 1 aromatic carbocycles. The molecule has 26 heavy (non-hydrogen) atoms. The predicted octanol–water partition coefficient (Wildman–Crippen LogP) is 3.54. The van der Waals surface area contributed by atoms with Crippen LogP contribution in [0, 0.1) is 5.92 Å². The summed E-state index contributed by atoms with van der Waals surface area (Å²) in [5.41, 5.74) is 1.07. The Bertz CT molecular complexity index is 595. The van der Waals surface area contributed by atoms with Gasteiger partial charge >= 0.3 is 0 Å². The van der Waals surface area contributed by atoms with Crippen molar-refractivity contribution >= 4 is 5.91 Å². The van der Waals surface area contributed by atoms with Crippen molar-refractivity contribution in [3.63, 3.8) is 0 Å². The Hall–Kier alpha value is -1.75. The lowest BCUT2D eigenvalue weighted by Gasteiger charge is -2.28. The van der Waals surface area contributed by atoms with Crippen molar-refractivity contribution in [1.29, 1.82) is 0 Å². The minimum absolute atomic E-state index is 0.0203. The molecule has 0 radical (unpaired) electrons. The maximum atomic E-state index is 12.7. The fraction of sp³-hybridized carbons (Fsp3) is 0.667. The monoisotopic (exact) mass is 360 g/mol. The number of nitrogens with one attached hydrogen (secondary N) is 1. The third-order valence-electron chi connectivity index (χ3n) is 5.22. The van der Waals surface area contributed by atoms with Gasteiger partial charge in [-0.25, -0.2) is 0 Å². The van der Waals surface area contributed by atoms with Crippen LogP contribution in [0.4, 0.5) is 0 Å². The van der Waals surface area contributed by atoms with E-state index in [1.807, 2.05) is 18.2 Å². The summed E-state index contributed by atoms with van der Waals surface area (Å²) >= 11 is 0. The first-order chi connectivity index (χ1) is 12.6. The van der Waals surface area contributed by atoms with Gasteiger partial charge in [-0.1, -0.05) is 39.2 Å². The van der Waals surface area contributed by atoms with E-state index in [-0.39, 0.29) is 11.9 Å². The maximum absolute atomic E-state index is 12.7. The number of carbonyl (C=O) groups is 1. The number of hydrogen-bond donors (Lipinski definition) is 1. The highest BCUT2D eigenvalue weighted by Crippen LogP contribution is 2.34. The summed E-state index contributed by atoms with van der Waals surface area (Å²) in [6.07, 6.45) is 6.29. The number of rotatable bonds is 5. The van der Waals surface area contributed by atoms with Gasteiger partial charge in [0.25, 0.3) is 0 Å². The Morgan fingerprint density at radius 2 is 1.69 bits per heavy atom. The average Bonchev–Trinajstić information content (AvgIpc) is 2.61. The van der Waals surface area contributed by atoms with Gasteiger partial charge in [-0.05, 0) is 49.5 Å². The standard InChI is InChI=1S/C21H32N2O3/c1-16(2)21(17-8-9-18-19(14-17)26-13-12-25-18)22-20(24)15-23-10-6-4-3-5-7-11-23/h8-9,14,16,21H,3-7,10-13,15H2,1-2H3,(H,22,24)/t21-/m0/s1. The second-order valence-electron chi connectivity index (χ2n) is 7.74. The number of hydrogen-bond acceptors (Lipinski definition) is 4. The number of fused-ring (bicyclic) bond motifs is 1. The summed E-state index contributed by atoms with van der Waals surface area (Å²) < 4.78 is 11.3. The second-order valence-corrected chi connectivity index (χ2v) is 7.74. The van der Waals surface area contributed by atoms with Crippen LogP contribution in [0.5, 0.6) is 11.5 Å². The summed E-state index contributed by atoms with van der Waals surface area (Å²) in [5.74, 6) is 1.97. The van der Waals surface area contributed by atoms with Crippen molar-refractivity contribution in [2.24, 2.45) is 5.92 Å². The number of nitrogens with zero attached hydrogens (tertiary/aromatic N) is 1. The highest BCUT2D eigenvalue weighted by Gasteiger charge is 2.22. The van der Waals surface area contributed by atoms with Crippen molar-refractivity contribution in [3.05, 3.63) is 23.8 Å². The zero-order valence-electron chi connectivity index (χ0n) is 16.1. The van der Waals surface area contributed by atoms with Crippen molar-refractivity contribution in [1.82, 2.24) is 10.2 Å². The lowest BCUT2D eigenvalue weighted by atomic mass is 9.95. The Morgan fingerprint density at radius 3 is 2.38 bits per heavy atom. The van der Waals surface area contributed by atoms with E-state index >= 15 is 0 Å². The fourth-order valence-corrected chi connectivity index (χ4v) is 3.78. The van der Waals surface area contributed by atoms with Gasteiger partial charge in [0.1, 0.15) is 13.2 Å². The van der Waals surface area contributed by atoms with E-state index in [2.05, 4.69) is 24.1 Å². The third kappa shape index (κ3) is 5.13. The number of carbonyl (C=O) groups excluding carboxylic acids is 1. The number of ether oxygens (including phenoxy) is 2. The van der Waals surface area contributed by atoms with Crippen LogP contribution in [0.25, 0.3) is 0 Å². The lowest BCUT2D eigenvalue weighted by molar-refractivity contribution is -0.123. The molecule has 144 valence electrons. The number of likely N-dealkylation sites (tertiary alicyclic amines) is 1. The predicted molar refractivity (Wildman–Crippen MR) is 103 cm³/mol. The molecule has 5 heteroatoms. The quantitative estimate of drug-likeness (QED) is 0.873. The van der Waals surface area contributed by atoms with Gasteiger partial charge in [0.15, 0.2) is 11.5 Å². The lowest BCUT2D eigenvalue weighted by Crippen LogP contribution is -2.41. The van der Waals surface area contributed by atoms with Crippen LogP contribution in [0.1, 0.15) is 57.6 Å². The van der Waals surface area contributed by atoms with Crippen LogP contribution >= 0.6 is 0 Å². The smallest absolute Gasteiger partial charge is 0.234 e. The molecule has 0 unspecified atom stereocenters. The molecule has 0 aliphatic carbocycles. The molecule has 2 heterocycles. The van der Waals surface area contributed by atoms with Gasteiger partial charge in [0.05, 0.1) is 12.6 Å². The van der Waals surface area contributed by atoms with Gasteiger partial charge in [0, 0.05) is 0 Å². The van der Waals surface area contributed by atoms with Crippen molar-refractivity contribution in [2.45, 2.75) is 52.0 Å². The zero-order valence-corrected chi connectivity index (χ0v) is 16.1. The Balaban J connectivity index is 1.63. The van der Waals surface area contributed by atoms with E-state index in [1.165, 1.54) is 32.1 Å². The molecule has 1 saturated heterocycles. The minimum atomic E-state index is -0.0203. The van der Waals surface area contributed by atoms with Crippen LogP contribution in [-0.2, 0) is 4.79 Å². The number of benzene rings is 1. The molecule has 1 N–H and O–H groups in total. The Kier molecular flexibility index (Phi) is 6.78. The van der Waals surface area contributed by atoms with Crippen molar-refractivity contribution in [2.75, 3.05) is 32.8 Å². The molecule has 2 aliphatic rings. The normalized spacial score (nSPS) is 19.5. The van der Waals surface area contributed by atoms with E-state index < -0.39 is 0 Å². The maximum Gasteiger partial charge on any atom is 0.234 e. The van der Waals surface area contributed by atoms with Crippen LogP contribution < -0.4 is 14.8 Å². The zero-order chi connectivity index (χ0) is 18.4. The van der Waals surface area contributed by atoms with Crippen LogP contribution in [0.15, 0.2) is 18.2 Å². The van der Waals surface area contributed by atoms with Crippen LogP contribution in [0.2, 0.25) is 0 Å². The van der Waals surface area contributed by atoms with Gasteiger partial charge in [-0.3, -0.25) is 9.69 Å². The molecular formula is C21H32N2O3. The average molecular weight is 360 g/mol. The largest absolute Gasteiger partial charge is 0.486 e. The SMILES string of the molecule is CC(C)[C@H](NC(=O)CN1CCCCCCC1)c1ccc2c(c1)OCCO2. The molecule has 1 atom stereocenters. The van der Waals surface area contributed by atoms with E-state index in [9.17, 15) is 4.79 Å². The molecule has 2 aliphatic heterocycles. The van der Waals surface area contributed by atoms with Crippen molar-refractivity contribution in [3.8, 4) is 11.5 Å². The van der Waals surface area contributed by atoms with Crippen LogP contribution in [-0.4, -0.2) is 43.7 Å². The summed E-state index contributed by atoms with van der Waals surface area (Å²) in [6.45, 7) is 7.99. The summed E-state index contributed by atoms with van der Waals surface area (Å²) in [6, 6.07) is 5.97.